The number of benzene rings is 3. The van der Waals surface area contributed by atoms with Gasteiger partial charge in [-0.3, -0.25) is 39.1 Å². The first-order chi connectivity index (χ1) is 29.2. The minimum atomic E-state index is -0.974. The molecule has 15 heteroatoms. The molecule has 5 heterocycles. The van der Waals surface area contributed by atoms with E-state index in [9.17, 15) is 24.0 Å². The maximum atomic E-state index is 13.9. The summed E-state index contributed by atoms with van der Waals surface area (Å²) < 4.78 is 5.91. The quantitative estimate of drug-likeness (QED) is 0.142. The summed E-state index contributed by atoms with van der Waals surface area (Å²) in [4.78, 5) is 81.7. The molecule has 0 radical (unpaired) electrons. The third-order valence-corrected chi connectivity index (χ3v) is 12.5. The molecule has 1 unspecified atom stereocenters. The van der Waals surface area contributed by atoms with E-state index in [0.717, 1.165) is 93.5 Å². The Morgan fingerprint density at radius 1 is 0.817 bits per heavy atom. The number of imide groups is 2. The molecule has 3 aromatic carbocycles. The van der Waals surface area contributed by atoms with Gasteiger partial charge in [-0.05, 0) is 81.2 Å². The van der Waals surface area contributed by atoms with Gasteiger partial charge < -0.3 is 19.9 Å². The number of para-hydroxylation sites is 1. The first-order valence-corrected chi connectivity index (χ1v) is 21.0. The number of ketones is 1. The zero-order chi connectivity index (χ0) is 41.3. The van der Waals surface area contributed by atoms with Crippen molar-refractivity contribution < 1.29 is 28.7 Å². The summed E-state index contributed by atoms with van der Waals surface area (Å²) in [5, 5.41) is 6.21. The number of piperazine rings is 1. The van der Waals surface area contributed by atoms with Crippen LogP contribution in [0, 0.1) is 0 Å². The van der Waals surface area contributed by atoms with Crippen molar-refractivity contribution in [1.82, 2.24) is 30.0 Å². The minimum Gasteiger partial charge on any atom is -0.457 e. The number of likely N-dealkylation sites (tertiary alicyclic amines) is 1. The van der Waals surface area contributed by atoms with Crippen LogP contribution >= 0.6 is 11.6 Å². The fraction of sp³-hybridized carbons (Fsp3) is 0.356. The van der Waals surface area contributed by atoms with Crippen LogP contribution < -0.4 is 20.3 Å². The largest absolute Gasteiger partial charge is 0.457 e. The number of carbonyl (C=O) groups is 5. The van der Waals surface area contributed by atoms with Crippen LogP contribution in [0.1, 0.15) is 74.4 Å². The van der Waals surface area contributed by atoms with Crippen LogP contribution in [0.4, 0.5) is 11.5 Å². The van der Waals surface area contributed by atoms with Crippen LogP contribution in [0.5, 0.6) is 11.5 Å². The van der Waals surface area contributed by atoms with E-state index in [-0.39, 0.29) is 24.7 Å². The number of hydrogen-bond donors (Lipinski definition) is 2. The lowest BCUT2D eigenvalue weighted by molar-refractivity contribution is -0.136. The number of anilines is 2. The van der Waals surface area contributed by atoms with Crippen molar-refractivity contribution in [1.29, 1.82) is 0 Å². The number of nitrogens with zero attached hydrogens (tertiary/aromatic N) is 6. The predicted molar refractivity (Wildman–Crippen MR) is 225 cm³/mol. The maximum absolute atomic E-state index is 13.9. The van der Waals surface area contributed by atoms with Crippen molar-refractivity contribution in [3.8, 4) is 11.5 Å². The van der Waals surface area contributed by atoms with E-state index in [4.69, 9.17) is 16.3 Å². The van der Waals surface area contributed by atoms with Crippen LogP contribution in [-0.2, 0) is 16.0 Å². The van der Waals surface area contributed by atoms with E-state index >= 15 is 0 Å². The van der Waals surface area contributed by atoms with Crippen LogP contribution in [0.2, 0.25) is 5.02 Å². The number of fused-ring (bicyclic) bond motifs is 2. The van der Waals surface area contributed by atoms with E-state index < -0.39 is 29.7 Å². The van der Waals surface area contributed by atoms with Crippen molar-refractivity contribution in [2.24, 2.45) is 0 Å². The number of halogens is 1. The molecule has 3 fully saturated rings. The van der Waals surface area contributed by atoms with Crippen molar-refractivity contribution in [3.63, 3.8) is 0 Å². The molecule has 4 aromatic rings. The number of ether oxygens (including phenoxy) is 1. The van der Waals surface area contributed by atoms with Crippen LogP contribution in [0.25, 0.3) is 5.57 Å². The molecule has 3 saturated heterocycles. The molecule has 0 saturated carbocycles. The molecule has 1 aliphatic carbocycles. The number of allylic oxidation sites excluding steroid dienone is 2. The second-order valence-electron chi connectivity index (χ2n) is 15.9. The zero-order valence-corrected chi connectivity index (χ0v) is 33.8. The standard InChI is InChI=1S/C45H45ClN8O6/c46-36-26-31(60-30-5-2-1-3-6-30)8-10-33(36)41(56)34-11-12-37-40(34)42(48-27-47-37)49-28-15-19-51(20-16-28)17-4-18-52-21-23-53(24-22-52)29-7-9-32-35(25-29)45(59)54(44(32)58)38-13-14-39(55)50-43(38)57/h1-3,5-11,25-28,38H,4,12-24H2,(H,47,48,49)(H,50,55,57). The molecule has 4 amide bonds. The first-order valence-electron chi connectivity index (χ1n) is 20.6. The Labute approximate surface area is 352 Å². The Morgan fingerprint density at radius 2 is 1.57 bits per heavy atom. The molecule has 308 valence electrons. The second-order valence-corrected chi connectivity index (χ2v) is 16.3. The summed E-state index contributed by atoms with van der Waals surface area (Å²) >= 11 is 6.65. The van der Waals surface area contributed by atoms with Gasteiger partial charge in [0, 0.05) is 86.6 Å². The number of nitrogens with one attached hydrogen (secondary N) is 2. The van der Waals surface area contributed by atoms with E-state index in [1.165, 1.54) is 0 Å². The lowest BCUT2D eigenvalue weighted by atomic mass is 9.98. The normalized spacial score (nSPS) is 19.9. The molecule has 9 rings (SSSR count). The molecule has 0 spiro atoms. The van der Waals surface area contributed by atoms with Crippen LogP contribution in [0.15, 0.2) is 79.1 Å². The highest BCUT2D eigenvalue weighted by Gasteiger charge is 2.45. The van der Waals surface area contributed by atoms with Crippen LogP contribution in [-0.4, -0.2) is 119 Å². The molecular formula is C45H45ClN8O6. The highest BCUT2D eigenvalue weighted by molar-refractivity contribution is 6.39. The third kappa shape index (κ3) is 8.02. The minimum absolute atomic E-state index is 0.0909. The summed E-state index contributed by atoms with van der Waals surface area (Å²) in [6.45, 7) is 7.31. The molecular weight excluding hydrogens is 784 g/mol. The number of Topliss-reactive ketones (excluding diaryl/α,β-unsaturated/α-hetero) is 1. The molecule has 0 bridgehead atoms. The first kappa shape index (κ1) is 39.5. The number of aromatic nitrogens is 2. The molecule has 2 N–H and O–H groups in total. The van der Waals surface area contributed by atoms with E-state index in [1.54, 1.807) is 36.7 Å². The van der Waals surface area contributed by atoms with Gasteiger partial charge in [0.25, 0.3) is 11.8 Å². The predicted octanol–water partition coefficient (Wildman–Crippen LogP) is 5.23. The van der Waals surface area contributed by atoms with Gasteiger partial charge in [0.2, 0.25) is 11.8 Å². The SMILES string of the molecule is O=C1CCC(N2C(=O)c3ccc(N4CCN(CCCN5CCC(Nc6ncnc7c6C(C(=O)c6ccc(Oc8ccccc8)cc6Cl)=CC7)CC5)CC4)cc3C2=O)C(=O)N1. The van der Waals surface area contributed by atoms with Crippen molar-refractivity contribution in [2.45, 2.75) is 50.6 Å². The average Bonchev–Trinajstić information content (AvgIpc) is 3.80. The van der Waals surface area contributed by atoms with Gasteiger partial charge in [0.1, 0.15) is 29.7 Å². The summed E-state index contributed by atoms with van der Waals surface area (Å²) in [6, 6.07) is 19.1. The summed E-state index contributed by atoms with van der Waals surface area (Å²) in [5.74, 6) is -0.225. The molecule has 5 aliphatic rings. The summed E-state index contributed by atoms with van der Waals surface area (Å²) in [5.41, 5.74) is 4.02. The Bertz CT molecular complexity index is 2390. The van der Waals surface area contributed by atoms with Gasteiger partial charge in [-0.15, -0.1) is 0 Å². The molecule has 4 aliphatic heterocycles. The number of piperidine rings is 2. The lowest BCUT2D eigenvalue weighted by Gasteiger charge is -2.37. The van der Waals surface area contributed by atoms with Gasteiger partial charge in [-0.2, -0.15) is 0 Å². The Kier molecular flexibility index (Phi) is 11.2. The van der Waals surface area contributed by atoms with Crippen molar-refractivity contribution in [3.05, 3.63) is 112 Å². The molecule has 1 aromatic heterocycles. The Balaban J connectivity index is 0.728. The van der Waals surface area contributed by atoms with Gasteiger partial charge in [-0.25, -0.2) is 9.97 Å². The lowest BCUT2D eigenvalue weighted by Crippen LogP contribution is -2.54. The number of carbonyl (C=O) groups excluding carboxylic acids is 5. The highest BCUT2D eigenvalue weighted by Crippen LogP contribution is 2.37. The molecule has 60 heavy (non-hydrogen) atoms. The second kappa shape index (κ2) is 17.0. The fourth-order valence-corrected chi connectivity index (χ4v) is 9.14. The van der Waals surface area contributed by atoms with Crippen molar-refractivity contribution in [2.75, 3.05) is 62.6 Å². The van der Waals surface area contributed by atoms with Gasteiger partial charge in [0.05, 0.1) is 21.8 Å². The number of amides is 4. The zero-order valence-electron chi connectivity index (χ0n) is 33.1. The number of rotatable bonds is 12. The summed E-state index contributed by atoms with van der Waals surface area (Å²) in [6.07, 6.45) is 7.23. The van der Waals surface area contributed by atoms with E-state index in [0.29, 0.717) is 51.0 Å². The monoisotopic (exact) mass is 828 g/mol. The van der Waals surface area contributed by atoms with Crippen molar-refractivity contribution >= 4 is 58.1 Å². The van der Waals surface area contributed by atoms with E-state index in [1.807, 2.05) is 42.5 Å². The van der Waals surface area contributed by atoms with Gasteiger partial charge in [-0.1, -0.05) is 35.9 Å². The molecule has 14 nitrogen and oxygen atoms in total. The Hall–Kier alpha value is -5.96. The average molecular weight is 829 g/mol. The van der Waals surface area contributed by atoms with Crippen LogP contribution in [0.3, 0.4) is 0 Å². The smallest absolute Gasteiger partial charge is 0.262 e. The number of hydrogen-bond acceptors (Lipinski definition) is 12. The topological polar surface area (TPSA) is 157 Å². The highest BCUT2D eigenvalue weighted by atomic mass is 35.5. The fourth-order valence-electron chi connectivity index (χ4n) is 8.89. The molecule has 1 atom stereocenters. The van der Waals surface area contributed by atoms with Gasteiger partial charge in [0.15, 0.2) is 5.78 Å². The summed E-state index contributed by atoms with van der Waals surface area (Å²) in [7, 11) is 0. The Morgan fingerprint density at radius 3 is 2.32 bits per heavy atom. The maximum Gasteiger partial charge on any atom is 0.262 e. The van der Waals surface area contributed by atoms with E-state index in [2.05, 4.69) is 35.3 Å². The van der Waals surface area contributed by atoms with Gasteiger partial charge >= 0.3 is 0 Å². The third-order valence-electron chi connectivity index (χ3n) is 12.1.